The van der Waals surface area contributed by atoms with E-state index >= 15 is 0 Å². The zero-order valence-electron chi connectivity index (χ0n) is 30.2. The molecule has 17 nitrogen and oxygen atoms in total. The van der Waals surface area contributed by atoms with Crippen molar-refractivity contribution in [2.45, 2.75) is 58.4 Å². The van der Waals surface area contributed by atoms with E-state index in [4.69, 9.17) is 33.2 Å². The van der Waals surface area contributed by atoms with E-state index in [1.54, 1.807) is 0 Å². The van der Waals surface area contributed by atoms with Gasteiger partial charge in [0.25, 0.3) is 11.8 Å². The van der Waals surface area contributed by atoms with Crippen LogP contribution >= 0.6 is 0 Å². The molecule has 0 aliphatic carbocycles. The van der Waals surface area contributed by atoms with Crippen molar-refractivity contribution in [3.8, 4) is 0 Å². The van der Waals surface area contributed by atoms with Crippen LogP contribution in [0.1, 0.15) is 52.9 Å². The van der Waals surface area contributed by atoms with Gasteiger partial charge in [0.05, 0.1) is 92.5 Å². The van der Waals surface area contributed by atoms with Crippen molar-refractivity contribution >= 4 is 41.0 Å². The Labute approximate surface area is 299 Å². The number of rotatable bonds is 34. The maximum Gasteiger partial charge on any atom is 0.253 e. The van der Waals surface area contributed by atoms with Crippen molar-refractivity contribution < 1.29 is 66.7 Å². The fourth-order valence-corrected chi connectivity index (χ4v) is 4.18. The number of ether oxygens (including phenoxy) is 7. The van der Waals surface area contributed by atoms with Crippen LogP contribution in [0.3, 0.4) is 0 Å². The number of ketones is 3. The number of amides is 4. The van der Waals surface area contributed by atoms with Crippen LogP contribution in [-0.2, 0) is 66.7 Å². The zero-order chi connectivity index (χ0) is 37.7. The maximum absolute atomic E-state index is 12.9. The van der Waals surface area contributed by atoms with Gasteiger partial charge in [0.2, 0.25) is 11.8 Å². The number of carbonyl (C=O) groups excluding carboxylic acids is 7. The van der Waals surface area contributed by atoms with Crippen LogP contribution in [-0.4, -0.2) is 157 Å². The van der Waals surface area contributed by atoms with E-state index in [2.05, 4.69) is 10.6 Å². The fraction of sp³-hybridized carbons (Fsp3) is 0.735. The quantitative estimate of drug-likeness (QED) is 0.0645. The minimum absolute atomic E-state index is 0.0135. The number of hydrogen-bond acceptors (Lipinski definition) is 14. The molecule has 0 bridgehead atoms. The third kappa shape index (κ3) is 24.4. The Kier molecular flexibility index (Phi) is 25.2. The Hall–Kier alpha value is -3.45. The first-order valence-electron chi connectivity index (χ1n) is 17.1. The summed E-state index contributed by atoms with van der Waals surface area (Å²) in [4.78, 5) is 82.8. The number of hydrogen-bond donors (Lipinski definition) is 2. The molecule has 0 aromatic heterocycles. The first-order chi connectivity index (χ1) is 24.4. The molecule has 0 fully saturated rings. The first kappa shape index (κ1) is 45.6. The van der Waals surface area contributed by atoms with Gasteiger partial charge in [0.1, 0.15) is 22.9 Å². The lowest BCUT2D eigenvalue weighted by Crippen LogP contribution is -2.59. The third-order valence-electron chi connectivity index (χ3n) is 6.96. The summed E-state index contributed by atoms with van der Waals surface area (Å²) in [5.74, 6) is -1.60. The lowest BCUT2D eigenvalue weighted by molar-refractivity contribution is -0.137. The predicted octanol–water partition coefficient (Wildman–Crippen LogP) is -0.284. The van der Waals surface area contributed by atoms with E-state index < -0.39 is 17.4 Å². The SMILES string of the molecule is CC(=O)CCOCC(COCCC(C)=O)(COCCC(C)=O)NC(=O)CCOCCOCCOCCOCCNC(=O)CCN1C(=O)C=CC1=O. The molecule has 0 spiro atoms. The second kappa shape index (κ2) is 28.2. The Balaban J connectivity index is 2.22. The molecule has 17 heteroatoms. The van der Waals surface area contributed by atoms with Crippen LogP contribution in [0.25, 0.3) is 0 Å². The Bertz CT molecular complexity index is 1060. The lowest BCUT2D eigenvalue weighted by atomic mass is 10.0. The van der Waals surface area contributed by atoms with Crippen LogP contribution in [0.5, 0.6) is 0 Å². The van der Waals surface area contributed by atoms with E-state index in [-0.39, 0.29) is 134 Å². The van der Waals surface area contributed by atoms with Gasteiger partial charge < -0.3 is 43.8 Å². The summed E-state index contributed by atoms with van der Waals surface area (Å²) in [6.45, 7) is 7.35. The summed E-state index contributed by atoms with van der Waals surface area (Å²) in [6, 6.07) is 0. The molecule has 1 aliphatic rings. The van der Waals surface area contributed by atoms with Gasteiger partial charge in [-0.2, -0.15) is 0 Å². The molecule has 4 amide bonds. The zero-order valence-corrected chi connectivity index (χ0v) is 30.2. The van der Waals surface area contributed by atoms with Crippen molar-refractivity contribution in [3.63, 3.8) is 0 Å². The Morgan fingerprint density at radius 1 is 0.529 bits per heavy atom. The van der Waals surface area contributed by atoms with E-state index in [1.165, 1.54) is 32.9 Å². The molecule has 0 saturated heterocycles. The Morgan fingerprint density at radius 3 is 1.35 bits per heavy atom. The summed E-state index contributed by atoms with van der Waals surface area (Å²) in [7, 11) is 0. The molecular formula is C34H55N3O14. The molecule has 290 valence electrons. The third-order valence-corrected chi connectivity index (χ3v) is 6.96. The van der Waals surface area contributed by atoms with Gasteiger partial charge >= 0.3 is 0 Å². The number of nitrogens with zero attached hydrogens (tertiary/aromatic N) is 1. The second-order valence-electron chi connectivity index (χ2n) is 11.8. The van der Waals surface area contributed by atoms with E-state index in [1.807, 2.05) is 0 Å². The van der Waals surface area contributed by atoms with Gasteiger partial charge in [-0.3, -0.25) is 38.5 Å². The van der Waals surface area contributed by atoms with E-state index in [0.717, 1.165) is 4.90 Å². The van der Waals surface area contributed by atoms with Gasteiger partial charge in [-0.25, -0.2) is 0 Å². The van der Waals surface area contributed by atoms with Gasteiger partial charge in [-0.15, -0.1) is 0 Å². The topological polar surface area (TPSA) is 211 Å². The van der Waals surface area contributed by atoms with Crippen molar-refractivity contribution in [2.24, 2.45) is 0 Å². The lowest BCUT2D eigenvalue weighted by Gasteiger charge is -2.34. The van der Waals surface area contributed by atoms with Crippen LogP contribution in [0.2, 0.25) is 0 Å². The van der Waals surface area contributed by atoms with Crippen molar-refractivity contribution in [1.29, 1.82) is 0 Å². The summed E-state index contributed by atoms with van der Waals surface area (Å²) in [6.07, 6.45) is 3.01. The average Bonchev–Trinajstić information content (AvgIpc) is 3.40. The van der Waals surface area contributed by atoms with Crippen LogP contribution in [0, 0.1) is 0 Å². The number of carbonyl (C=O) groups is 7. The van der Waals surface area contributed by atoms with Crippen LogP contribution in [0.15, 0.2) is 12.2 Å². The van der Waals surface area contributed by atoms with E-state index in [9.17, 15) is 33.6 Å². The minimum Gasteiger partial charge on any atom is -0.379 e. The number of imide groups is 1. The van der Waals surface area contributed by atoms with Crippen molar-refractivity contribution in [1.82, 2.24) is 15.5 Å². The normalized spacial score (nSPS) is 12.8. The van der Waals surface area contributed by atoms with E-state index in [0.29, 0.717) is 33.0 Å². The predicted molar refractivity (Wildman–Crippen MR) is 181 cm³/mol. The molecule has 0 radical (unpaired) electrons. The molecule has 2 N–H and O–H groups in total. The first-order valence-corrected chi connectivity index (χ1v) is 17.1. The van der Waals surface area contributed by atoms with Gasteiger partial charge in [0, 0.05) is 57.3 Å². The van der Waals surface area contributed by atoms with Gasteiger partial charge in [-0.1, -0.05) is 0 Å². The molecule has 1 heterocycles. The highest BCUT2D eigenvalue weighted by Gasteiger charge is 2.34. The highest BCUT2D eigenvalue weighted by Crippen LogP contribution is 2.11. The molecule has 0 saturated carbocycles. The average molecular weight is 730 g/mol. The summed E-state index contributed by atoms with van der Waals surface area (Å²) in [5.41, 5.74) is -1.12. The molecule has 0 aromatic rings. The number of nitrogens with one attached hydrogen (secondary N) is 2. The summed E-state index contributed by atoms with van der Waals surface area (Å²) < 4.78 is 38.9. The highest BCUT2D eigenvalue weighted by molar-refractivity contribution is 6.13. The molecule has 0 aromatic carbocycles. The smallest absolute Gasteiger partial charge is 0.253 e. The monoisotopic (exact) mass is 729 g/mol. The summed E-state index contributed by atoms with van der Waals surface area (Å²) >= 11 is 0. The van der Waals surface area contributed by atoms with Crippen molar-refractivity contribution in [2.75, 3.05) is 106 Å². The molecule has 51 heavy (non-hydrogen) atoms. The maximum atomic E-state index is 12.9. The fourth-order valence-electron chi connectivity index (χ4n) is 4.18. The Morgan fingerprint density at radius 2 is 0.922 bits per heavy atom. The second-order valence-corrected chi connectivity index (χ2v) is 11.8. The number of Topliss-reactive ketones (excluding diaryl/α,β-unsaturated/α-hetero) is 3. The van der Waals surface area contributed by atoms with Crippen molar-refractivity contribution in [3.05, 3.63) is 12.2 Å². The van der Waals surface area contributed by atoms with Gasteiger partial charge in [0.15, 0.2) is 0 Å². The molecule has 1 rings (SSSR count). The van der Waals surface area contributed by atoms with Gasteiger partial charge in [-0.05, 0) is 20.8 Å². The molecule has 0 unspecified atom stereocenters. The standard InChI is InChI=1S/C34H55N3O14/c1-27(38)7-13-49-24-34(25-50-14-8-28(2)39,26-51-15-9-29(3)40)36-31(42)10-16-45-18-20-47-22-23-48-21-19-46-17-11-35-30(41)6-12-37-32(43)4-5-33(37)44/h4-5H,6-26H2,1-3H3,(H,35,41)(H,36,42). The molecular weight excluding hydrogens is 674 g/mol. The molecule has 1 aliphatic heterocycles. The highest BCUT2D eigenvalue weighted by atomic mass is 16.6. The minimum atomic E-state index is -1.12. The summed E-state index contributed by atoms with van der Waals surface area (Å²) in [5, 5.41) is 5.57. The molecule has 0 atom stereocenters. The van der Waals surface area contributed by atoms with Crippen LogP contribution < -0.4 is 10.6 Å². The van der Waals surface area contributed by atoms with Crippen LogP contribution in [0.4, 0.5) is 0 Å². The largest absolute Gasteiger partial charge is 0.379 e.